The van der Waals surface area contributed by atoms with Gasteiger partial charge in [0.25, 0.3) is 0 Å². The van der Waals surface area contributed by atoms with Crippen molar-refractivity contribution in [3.8, 4) is 0 Å². The van der Waals surface area contributed by atoms with Crippen molar-refractivity contribution in [3.63, 3.8) is 0 Å². The van der Waals surface area contributed by atoms with Gasteiger partial charge in [-0.2, -0.15) is 0 Å². The van der Waals surface area contributed by atoms with E-state index in [2.05, 4.69) is 59.1 Å². The number of nitrogens with two attached hydrogens (primary N) is 1. The Morgan fingerprint density at radius 2 is 2.16 bits per heavy atom. The first-order valence-corrected chi connectivity index (χ1v) is 8.05. The lowest BCUT2D eigenvalue weighted by molar-refractivity contribution is 0.118. The van der Waals surface area contributed by atoms with E-state index in [-0.39, 0.29) is 5.54 Å². The zero-order chi connectivity index (χ0) is 13.9. The SMILES string of the molecule is CCC1CCC(CN)(N(C)Cc2ccccc2Br)C1. The summed E-state index contributed by atoms with van der Waals surface area (Å²) < 4.78 is 1.19. The first-order chi connectivity index (χ1) is 9.11. The Hall–Kier alpha value is -0.380. The third kappa shape index (κ3) is 3.21. The van der Waals surface area contributed by atoms with E-state index >= 15 is 0 Å². The van der Waals surface area contributed by atoms with Gasteiger partial charge >= 0.3 is 0 Å². The van der Waals surface area contributed by atoms with Crippen molar-refractivity contribution in [1.82, 2.24) is 4.90 Å². The van der Waals surface area contributed by atoms with Gasteiger partial charge in [0.15, 0.2) is 0 Å². The molecule has 0 saturated heterocycles. The molecule has 0 aromatic heterocycles. The number of likely N-dealkylation sites (N-methyl/N-ethyl adjacent to an activating group) is 1. The Bertz CT molecular complexity index is 421. The van der Waals surface area contributed by atoms with Crippen molar-refractivity contribution < 1.29 is 0 Å². The molecule has 106 valence electrons. The molecule has 0 spiro atoms. The van der Waals surface area contributed by atoms with Crippen LogP contribution in [-0.2, 0) is 6.54 Å². The first kappa shape index (κ1) is 15.0. The molecule has 3 heteroatoms. The normalized spacial score (nSPS) is 27.1. The number of nitrogens with zero attached hydrogens (tertiary/aromatic N) is 1. The number of hydrogen-bond donors (Lipinski definition) is 1. The van der Waals surface area contributed by atoms with Crippen molar-refractivity contribution in [2.24, 2.45) is 11.7 Å². The molecule has 1 fully saturated rings. The zero-order valence-electron chi connectivity index (χ0n) is 12.0. The van der Waals surface area contributed by atoms with Crippen LogP contribution in [0.5, 0.6) is 0 Å². The van der Waals surface area contributed by atoms with Gasteiger partial charge < -0.3 is 5.73 Å². The van der Waals surface area contributed by atoms with Crippen LogP contribution in [0.2, 0.25) is 0 Å². The van der Waals surface area contributed by atoms with Crippen LogP contribution in [0, 0.1) is 5.92 Å². The van der Waals surface area contributed by atoms with Gasteiger partial charge in [-0.1, -0.05) is 47.5 Å². The molecule has 0 bridgehead atoms. The highest BCUT2D eigenvalue weighted by atomic mass is 79.9. The summed E-state index contributed by atoms with van der Waals surface area (Å²) in [6, 6.07) is 8.47. The summed E-state index contributed by atoms with van der Waals surface area (Å²) in [6.07, 6.45) is 5.10. The van der Waals surface area contributed by atoms with Crippen molar-refractivity contribution in [3.05, 3.63) is 34.3 Å². The minimum Gasteiger partial charge on any atom is -0.329 e. The molecule has 2 N–H and O–H groups in total. The largest absolute Gasteiger partial charge is 0.329 e. The molecule has 1 aromatic rings. The second-order valence-electron chi connectivity index (χ2n) is 5.89. The summed E-state index contributed by atoms with van der Waals surface area (Å²) >= 11 is 3.64. The van der Waals surface area contributed by atoms with Gasteiger partial charge in [0.2, 0.25) is 0 Å². The Morgan fingerprint density at radius 3 is 2.74 bits per heavy atom. The van der Waals surface area contributed by atoms with Crippen LogP contribution in [-0.4, -0.2) is 24.0 Å². The summed E-state index contributed by atoms with van der Waals surface area (Å²) in [6.45, 7) is 4.03. The maximum atomic E-state index is 6.12. The lowest BCUT2D eigenvalue weighted by Gasteiger charge is -2.38. The third-order valence-corrected chi connectivity index (χ3v) is 5.59. The van der Waals surface area contributed by atoms with Crippen LogP contribution < -0.4 is 5.73 Å². The third-order valence-electron chi connectivity index (χ3n) is 4.82. The second kappa shape index (κ2) is 6.38. The fourth-order valence-corrected chi connectivity index (χ4v) is 3.71. The number of hydrogen-bond acceptors (Lipinski definition) is 2. The van der Waals surface area contributed by atoms with Gasteiger partial charge in [-0.25, -0.2) is 0 Å². The van der Waals surface area contributed by atoms with Crippen LogP contribution in [0.15, 0.2) is 28.7 Å². The van der Waals surface area contributed by atoms with Gasteiger partial charge in [0, 0.05) is 23.1 Å². The number of rotatable bonds is 5. The van der Waals surface area contributed by atoms with E-state index < -0.39 is 0 Å². The predicted molar refractivity (Wildman–Crippen MR) is 85.0 cm³/mol. The standard InChI is InChI=1S/C16H25BrN2/c1-3-13-8-9-16(10-13,12-18)19(2)11-14-6-4-5-7-15(14)17/h4-7,13H,3,8-12,18H2,1-2H3. The molecular weight excluding hydrogens is 300 g/mol. The monoisotopic (exact) mass is 324 g/mol. The summed E-state index contributed by atoms with van der Waals surface area (Å²) in [5.41, 5.74) is 7.67. The van der Waals surface area contributed by atoms with E-state index in [1.165, 1.54) is 35.7 Å². The van der Waals surface area contributed by atoms with E-state index in [9.17, 15) is 0 Å². The molecule has 0 aliphatic heterocycles. The molecule has 1 aliphatic rings. The Labute approximate surface area is 125 Å². The zero-order valence-corrected chi connectivity index (χ0v) is 13.6. The van der Waals surface area contributed by atoms with Crippen LogP contribution >= 0.6 is 15.9 Å². The second-order valence-corrected chi connectivity index (χ2v) is 6.75. The molecule has 2 nitrogen and oxygen atoms in total. The van der Waals surface area contributed by atoms with Gasteiger partial charge in [-0.3, -0.25) is 4.90 Å². The van der Waals surface area contributed by atoms with E-state index in [1.54, 1.807) is 0 Å². The van der Waals surface area contributed by atoms with Gasteiger partial charge in [0.1, 0.15) is 0 Å². The highest BCUT2D eigenvalue weighted by molar-refractivity contribution is 9.10. The minimum atomic E-state index is 0.204. The highest BCUT2D eigenvalue weighted by Gasteiger charge is 2.40. The lowest BCUT2D eigenvalue weighted by atomic mass is 9.93. The Kier molecular flexibility index (Phi) is 5.04. The van der Waals surface area contributed by atoms with Crippen molar-refractivity contribution >= 4 is 15.9 Å². The Balaban J connectivity index is 2.10. The van der Waals surface area contributed by atoms with Crippen LogP contribution in [0.1, 0.15) is 38.2 Å². The topological polar surface area (TPSA) is 29.3 Å². The van der Waals surface area contributed by atoms with Crippen LogP contribution in [0.3, 0.4) is 0 Å². The molecule has 2 atom stereocenters. The maximum absolute atomic E-state index is 6.12. The van der Waals surface area contributed by atoms with Crippen molar-refractivity contribution in [1.29, 1.82) is 0 Å². The number of halogens is 1. The van der Waals surface area contributed by atoms with E-state index in [4.69, 9.17) is 5.73 Å². The fraction of sp³-hybridized carbons (Fsp3) is 0.625. The lowest BCUT2D eigenvalue weighted by Crippen LogP contribution is -2.49. The van der Waals surface area contributed by atoms with Gasteiger partial charge in [-0.15, -0.1) is 0 Å². The van der Waals surface area contributed by atoms with Crippen LogP contribution in [0.4, 0.5) is 0 Å². The molecule has 2 unspecified atom stereocenters. The molecule has 1 saturated carbocycles. The number of benzene rings is 1. The molecule has 19 heavy (non-hydrogen) atoms. The maximum Gasteiger partial charge on any atom is 0.0334 e. The molecule has 0 amide bonds. The quantitative estimate of drug-likeness (QED) is 0.892. The molecule has 1 aliphatic carbocycles. The summed E-state index contributed by atoms with van der Waals surface area (Å²) in [4.78, 5) is 2.47. The molecule has 1 aromatic carbocycles. The van der Waals surface area contributed by atoms with Crippen molar-refractivity contribution in [2.45, 2.75) is 44.7 Å². The molecule has 0 radical (unpaired) electrons. The highest BCUT2D eigenvalue weighted by Crippen LogP contribution is 2.40. The predicted octanol–water partition coefficient (Wildman–Crippen LogP) is 3.79. The van der Waals surface area contributed by atoms with Gasteiger partial charge in [-0.05, 0) is 43.9 Å². The minimum absolute atomic E-state index is 0.204. The van der Waals surface area contributed by atoms with E-state index in [0.717, 1.165) is 19.0 Å². The average molecular weight is 325 g/mol. The summed E-state index contributed by atoms with van der Waals surface area (Å²) in [5.74, 6) is 0.852. The van der Waals surface area contributed by atoms with Crippen molar-refractivity contribution in [2.75, 3.05) is 13.6 Å². The fourth-order valence-electron chi connectivity index (χ4n) is 3.30. The molecule has 2 rings (SSSR count). The first-order valence-electron chi connectivity index (χ1n) is 7.26. The van der Waals surface area contributed by atoms with E-state index in [1.807, 2.05) is 0 Å². The molecule has 0 heterocycles. The Morgan fingerprint density at radius 1 is 1.42 bits per heavy atom. The van der Waals surface area contributed by atoms with Crippen LogP contribution in [0.25, 0.3) is 0 Å². The average Bonchev–Trinajstić information content (AvgIpc) is 2.86. The molecular formula is C16H25BrN2. The van der Waals surface area contributed by atoms with Gasteiger partial charge in [0.05, 0.1) is 0 Å². The summed E-state index contributed by atoms with van der Waals surface area (Å²) in [5, 5.41) is 0. The van der Waals surface area contributed by atoms with E-state index in [0.29, 0.717) is 0 Å². The smallest absolute Gasteiger partial charge is 0.0334 e. The summed E-state index contributed by atoms with van der Waals surface area (Å²) in [7, 11) is 2.23.